The van der Waals surface area contributed by atoms with Crippen LogP contribution in [0.25, 0.3) is 0 Å². The first-order valence-corrected chi connectivity index (χ1v) is 11.5. The van der Waals surface area contributed by atoms with Crippen LogP contribution >= 0.6 is 23.6 Å². The van der Waals surface area contributed by atoms with Crippen LogP contribution in [-0.2, 0) is 24.1 Å². The van der Waals surface area contributed by atoms with Gasteiger partial charge in [-0.3, -0.25) is 4.68 Å². The van der Waals surface area contributed by atoms with Gasteiger partial charge in [0.1, 0.15) is 5.00 Å². The largest absolute Gasteiger partial charge is 0.465 e. The van der Waals surface area contributed by atoms with Crippen molar-refractivity contribution in [1.82, 2.24) is 9.78 Å². The van der Waals surface area contributed by atoms with Crippen LogP contribution in [0.4, 0.5) is 10.8 Å². The molecular weight excluding hydrogens is 428 g/mol. The van der Waals surface area contributed by atoms with Crippen LogP contribution < -0.4 is 10.6 Å². The minimum absolute atomic E-state index is 0.320. The number of aromatic nitrogens is 2. The number of aryl methyl sites for hydroxylation is 1. The van der Waals surface area contributed by atoms with Crippen LogP contribution in [-0.4, -0.2) is 28.0 Å². The molecule has 0 unspecified atom stereocenters. The van der Waals surface area contributed by atoms with E-state index in [9.17, 15) is 4.79 Å². The van der Waals surface area contributed by atoms with Gasteiger partial charge in [-0.15, -0.1) is 11.3 Å². The number of hydrogen-bond donors (Lipinski definition) is 2. The number of benzene rings is 1. The van der Waals surface area contributed by atoms with Crippen molar-refractivity contribution in [3.63, 3.8) is 0 Å². The van der Waals surface area contributed by atoms with E-state index in [1.54, 1.807) is 11.3 Å². The summed E-state index contributed by atoms with van der Waals surface area (Å²) in [6, 6.07) is 10.3. The predicted octanol–water partition coefficient (Wildman–Crippen LogP) is 5.02. The smallest absolute Gasteiger partial charge is 0.341 e. The van der Waals surface area contributed by atoms with Crippen LogP contribution in [0.15, 0.2) is 36.5 Å². The highest BCUT2D eigenvalue weighted by molar-refractivity contribution is 7.80. The summed E-state index contributed by atoms with van der Waals surface area (Å²) in [6.45, 7) is 5.00. The number of methoxy groups -OCH3 is 1. The summed E-state index contributed by atoms with van der Waals surface area (Å²) in [5.74, 6) is 0.950. The van der Waals surface area contributed by atoms with Crippen molar-refractivity contribution in [2.45, 2.75) is 39.7 Å². The molecule has 1 aliphatic rings. The van der Waals surface area contributed by atoms with Crippen molar-refractivity contribution in [2.24, 2.45) is 5.92 Å². The average Bonchev–Trinajstić information content (AvgIpc) is 3.32. The first-order valence-electron chi connectivity index (χ1n) is 10.3. The van der Waals surface area contributed by atoms with E-state index >= 15 is 0 Å². The second-order valence-corrected chi connectivity index (χ2v) is 9.52. The lowest BCUT2D eigenvalue weighted by Gasteiger charge is -2.18. The summed E-state index contributed by atoms with van der Waals surface area (Å²) >= 11 is 7.09. The monoisotopic (exact) mass is 454 g/mol. The van der Waals surface area contributed by atoms with Crippen molar-refractivity contribution in [3.8, 4) is 0 Å². The van der Waals surface area contributed by atoms with Gasteiger partial charge in [0, 0.05) is 17.1 Å². The minimum atomic E-state index is -0.320. The zero-order valence-electron chi connectivity index (χ0n) is 17.9. The fraction of sp³-hybridized carbons (Fsp3) is 0.348. The van der Waals surface area contributed by atoms with Gasteiger partial charge in [0.15, 0.2) is 10.9 Å². The molecule has 8 heteroatoms. The number of esters is 1. The summed E-state index contributed by atoms with van der Waals surface area (Å²) < 4.78 is 6.91. The number of nitrogens with zero attached hydrogens (tertiary/aromatic N) is 2. The molecule has 0 amide bonds. The molecule has 6 nitrogen and oxygen atoms in total. The Morgan fingerprint density at radius 2 is 2.06 bits per heavy atom. The summed E-state index contributed by atoms with van der Waals surface area (Å²) in [6.07, 6.45) is 4.86. The average molecular weight is 455 g/mol. The Hall–Kier alpha value is -2.71. The van der Waals surface area contributed by atoms with Gasteiger partial charge in [0.2, 0.25) is 0 Å². The van der Waals surface area contributed by atoms with Gasteiger partial charge in [-0.05, 0) is 55.4 Å². The van der Waals surface area contributed by atoms with E-state index in [0.717, 1.165) is 29.8 Å². The standard InChI is InChI=1S/C23H26N4O2S2/c1-14-4-7-16(8-5-14)13-27-11-10-19(26-27)24-23(30)25-21-20(22(28)29-3)17-9-6-15(2)12-18(17)31-21/h4-5,7-8,10-11,15H,6,9,12-13H2,1-3H3,(H2,24,25,26,30)/t15-/m0/s1. The van der Waals surface area contributed by atoms with Gasteiger partial charge >= 0.3 is 5.97 Å². The fourth-order valence-electron chi connectivity index (χ4n) is 3.80. The Labute approximate surface area is 191 Å². The third-order valence-corrected chi connectivity index (χ3v) is 6.85. The van der Waals surface area contributed by atoms with Gasteiger partial charge in [-0.25, -0.2) is 4.79 Å². The van der Waals surface area contributed by atoms with Crippen LogP contribution in [0.1, 0.15) is 45.3 Å². The predicted molar refractivity (Wildman–Crippen MR) is 129 cm³/mol. The molecule has 2 aromatic heterocycles. The Morgan fingerprint density at radius 3 is 2.81 bits per heavy atom. The number of hydrogen-bond acceptors (Lipinski definition) is 5. The van der Waals surface area contributed by atoms with Crippen molar-refractivity contribution >= 4 is 45.5 Å². The Kier molecular flexibility index (Phi) is 6.38. The van der Waals surface area contributed by atoms with E-state index < -0.39 is 0 Å². The number of fused-ring (bicyclic) bond motifs is 1. The Morgan fingerprint density at radius 1 is 1.29 bits per heavy atom. The molecule has 2 N–H and O–H groups in total. The van der Waals surface area contributed by atoms with E-state index in [2.05, 4.69) is 53.8 Å². The lowest BCUT2D eigenvalue weighted by atomic mass is 9.88. The number of carbonyl (C=O) groups is 1. The molecular formula is C23H26N4O2S2. The summed E-state index contributed by atoms with van der Waals surface area (Å²) in [5, 5.41) is 12.0. The lowest BCUT2D eigenvalue weighted by Crippen LogP contribution is -2.21. The number of anilines is 2. The SMILES string of the molecule is COC(=O)c1c(NC(=S)Nc2ccn(Cc3ccc(C)cc3)n2)sc2c1CC[C@H](C)C2. The molecule has 1 atom stereocenters. The van der Waals surface area contributed by atoms with Crippen molar-refractivity contribution in [2.75, 3.05) is 17.7 Å². The van der Waals surface area contributed by atoms with Crippen molar-refractivity contribution < 1.29 is 9.53 Å². The minimum Gasteiger partial charge on any atom is -0.465 e. The molecule has 0 saturated carbocycles. The molecule has 0 radical (unpaired) electrons. The maximum atomic E-state index is 12.5. The summed E-state index contributed by atoms with van der Waals surface area (Å²) in [5.41, 5.74) is 4.13. The van der Waals surface area contributed by atoms with E-state index in [4.69, 9.17) is 17.0 Å². The first kappa shape index (κ1) is 21.5. The van der Waals surface area contributed by atoms with Gasteiger partial charge in [-0.1, -0.05) is 36.8 Å². The molecule has 1 aromatic carbocycles. The van der Waals surface area contributed by atoms with Gasteiger partial charge in [-0.2, -0.15) is 5.10 Å². The zero-order chi connectivity index (χ0) is 22.0. The quantitative estimate of drug-likeness (QED) is 0.417. The Balaban J connectivity index is 1.45. The van der Waals surface area contributed by atoms with Crippen LogP contribution in [0.2, 0.25) is 0 Å². The number of thiocarbonyl (C=S) groups is 1. The van der Waals surface area contributed by atoms with Crippen LogP contribution in [0.3, 0.4) is 0 Å². The molecule has 1 aliphatic carbocycles. The molecule has 0 saturated heterocycles. The lowest BCUT2D eigenvalue weighted by molar-refractivity contribution is 0.0601. The molecule has 0 spiro atoms. The second kappa shape index (κ2) is 9.20. The van der Waals surface area contributed by atoms with Gasteiger partial charge < -0.3 is 15.4 Å². The molecule has 162 valence electrons. The normalized spacial score (nSPS) is 15.3. The van der Waals surface area contributed by atoms with E-state index in [1.165, 1.54) is 23.1 Å². The maximum Gasteiger partial charge on any atom is 0.341 e. The number of ether oxygens (including phenoxy) is 1. The van der Waals surface area contributed by atoms with Crippen LogP contribution in [0, 0.1) is 12.8 Å². The Bertz CT molecular complexity index is 1100. The van der Waals surface area contributed by atoms with Crippen molar-refractivity contribution in [1.29, 1.82) is 0 Å². The highest BCUT2D eigenvalue weighted by atomic mass is 32.1. The molecule has 4 rings (SSSR count). The first-order chi connectivity index (χ1) is 14.9. The number of thiophene rings is 1. The van der Waals surface area contributed by atoms with Crippen molar-refractivity contribution in [3.05, 3.63) is 63.7 Å². The summed E-state index contributed by atoms with van der Waals surface area (Å²) in [7, 11) is 1.42. The zero-order valence-corrected chi connectivity index (χ0v) is 19.5. The van der Waals surface area contributed by atoms with Crippen LogP contribution in [0.5, 0.6) is 0 Å². The maximum absolute atomic E-state index is 12.5. The number of rotatable bonds is 5. The van der Waals surface area contributed by atoms with E-state index in [-0.39, 0.29) is 5.97 Å². The highest BCUT2D eigenvalue weighted by Crippen LogP contribution is 2.40. The topological polar surface area (TPSA) is 68.2 Å². The number of nitrogens with one attached hydrogen (secondary N) is 2. The number of carbonyl (C=O) groups excluding carboxylic acids is 1. The van der Waals surface area contributed by atoms with Gasteiger partial charge in [0.05, 0.1) is 19.2 Å². The summed E-state index contributed by atoms with van der Waals surface area (Å²) in [4.78, 5) is 13.7. The van der Waals surface area contributed by atoms with E-state index in [1.807, 2.05) is 16.9 Å². The molecule has 31 heavy (non-hydrogen) atoms. The second-order valence-electron chi connectivity index (χ2n) is 8.01. The molecule has 0 aliphatic heterocycles. The van der Waals surface area contributed by atoms with Gasteiger partial charge in [0.25, 0.3) is 0 Å². The molecule has 3 aromatic rings. The third kappa shape index (κ3) is 4.97. The highest BCUT2D eigenvalue weighted by Gasteiger charge is 2.28. The molecule has 0 bridgehead atoms. The van der Waals surface area contributed by atoms with E-state index in [0.29, 0.717) is 29.0 Å². The molecule has 2 heterocycles. The third-order valence-electron chi connectivity index (χ3n) is 5.48. The fourth-order valence-corrected chi connectivity index (χ4v) is 5.48. The molecule has 0 fully saturated rings.